The summed E-state index contributed by atoms with van der Waals surface area (Å²) >= 11 is 0. The van der Waals surface area contributed by atoms with Crippen molar-refractivity contribution >= 4 is 21.7 Å². The van der Waals surface area contributed by atoms with Gasteiger partial charge in [-0.05, 0) is 43.2 Å². The number of hydrogen-bond acceptors (Lipinski definition) is 7. The van der Waals surface area contributed by atoms with Gasteiger partial charge in [0.1, 0.15) is 17.2 Å². The van der Waals surface area contributed by atoms with Gasteiger partial charge < -0.3 is 19.9 Å². The van der Waals surface area contributed by atoms with E-state index in [1.807, 2.05) is 12.1 Å². The summed E-state index contributed by atoms with van der Waals surface area (Å²) in [6, 6.07) is 8.69. The molecule has 2 N–H and O–H groups in total. The van der Waals surface area contributed by atoms with Gasteiger partial charge in [0.15, 0.2) is 15.6 Å². The number of carbonyl (C=O) groups excluding carboxylic acids is 1. The zero-order valence-corrected chi connectivity index (χ0v) is 17.6. The van der Waals surface area contributed by atoms with E-state index in [2.05, 4.69) is 5.32 Å². The minimum absolute atomic E-state index is 0.0422. The number of nitrogens with one attached hydrogen (secondary N) is 1. The highest BCUT2D eigenvalue weighted by Crippen LogP contribution is 2.41. The first-order valence-corrected chi connectivity index (χ1v) is 11.5. The molecule has 1 fully saturated rings. The van der Waals surface area contributed by atoms with Gasteiger partial charge >= 0.3 is 0 Å². The van der Waals surface area contributed by atoms with Crippen LogP contribution in [0.2, 0.25) is 0 Å². The van der Waals surface area contributed by atoms with Gasteiger partial charge in [-0.1, -0.05) is 12.1 Å². The molecule has 0 saturated carbocycles. The number of allylic oxidation sites excluding steroid dienone is 1. The minimum Gasteiger partial charge on any atom is -0.507 e. The molecular weight excluding hydrogens is 406 g/mol. The van der Waals surface area contributed by atoms with Gasteiger partial charge in [-0.15, -0.1) is 0 Å². The third kappa shape index (κ3) is 3.93. The van der Waals surface area contributed by atoms with Crippen LogP contribution in [-0.4, -0.2) is 44.0 Å². The smallest absolute Gasteiger partial charge is 0.231 e. The Hall–Kier alpha value is -2.84. The van der Waals surface area contributed by atoms with Crippen molar-refractivity contribution in [3.05, 3.63) is 58.3 Å². The third-order valence-corrected chi connectivity index (χ3v) is 7.24. The van der Waals surface area contributed by atoms with Gasteiger partial charge in [-0.3, -0.25) is 4.79 Å². The normalized spacial score (nSPS) is 20.9. The van der Waals surface area contributed by atoms with Gasteiger partial charge in [0.2, 0.25) is 5.78 Å². The second kappa shape index (κ2) is 7.77. The molecule has 0 aromatic heterocycles. The van der Waals surface area contributed by atoms with E-state index in [0.29, 0.717) is 34.6 Å². The minimum atomic E-state index is -2.99. The number of ether oxygens (including phenoxy) is 2. The Morgan fingerprint density at radius 1 is 1.30 bits per heavy atom. The van der Waals surface area contributed by atoms with E-state index in [4.69, 9.17) is 9.47 Å². The molecular formula is C22H23NO6S. The molecule has 0 spiro atoms. The lowest BCUT2D eigenvalue weighted by Crippen LogP contribution is -2.29. The molecule has 0 radical (unpaired) electrons. The Labute approximate surface area is 175 Å². The van der Waals surface area contributed by atoms with Crippen LogP contribution < -0.4 is 14.8 Å². The summed E-state index contributed by atoms with van der Waals surface area (Å²) in [5, 5.41) is 13.7. The quantitative estimate of drug-likeness (QED) is 0.705. The number of rotatable bonds is 5. The lowest BCUT2D eigenvalue weighted by molar-refractivity contribution is 0.101. The predicted molar refractivity (Wildman–Crippen MR) is 113 cm³/mol. The molecule has 2 heterocycles. The molecule has 2 aliphatic heterocycles. The standard InChI is InChI=1S/C22H23NO6S/c1-13-20(24)15(11-23-16-7-8-30(26,27)12-16)10-18-21(25)19(29-22(13)18)9-14-3-5-17(28-2)6-4-14/h3-6,9-10,16,23-24H,7-8,11-12H2,1-2H3/b19-9-/t16-/m1/s1. The monoisotopic (exact) mass is 429 g/mol. The molecule has 0 amide bonds. The Balaban J connectivity index is 1.56. The molecule has 0 bridgehead atoms. The van der Waals surface area contributed by atoms with Crippen LogP contribution in [-0.2, 0) is 16.4 Å². The number of Topliss-reactive ketones (excluding diaryl/α,β-unsaturated/α-hetero) is 1. The zero-order chi connectivity index (χ0) is 21.5. The SMILES string of the molecule is COc1ccc(/C=C2\Oc3c(cc(CN[C@@H]4CCS(=O)(=O)C4)c(O)c3C)C2=O)cc1. The number of ketones is 1. The fourth-order valence-corrected chi connectivity index (χ4v) is 5.45. The summed E-state index contributed by atoms with van der Waals surface area (Å²) in [5.41, 5.74) is 2.20. The molecule has 1 saturated heterocycles. The molecule has 158 valence electrons. The molecule has 2 aliphatic rings. The van der Waals surface area contributed by atoms with Crippen molar-refractivity contribution in [3.8, 4) is 17.2 Å². The maximum atomic E-state index is 12.9. The van der Waals surface area contributed by atoms with E-state index in [-0.39, 0.29) is 41.4 Å². The van der Waals surface area contributed by atoms with Crippen LogP contribution in [0.1, 0.15) is 33.5 Å². The van der Waals surface area contributed by atoms with Crippen LogP contribution in [0.5, 0.6) is 17.2 Å². The van der Waals surface area contributed by atoms with Crippen LogP contribution in [0.25, 0.3) is 6.08 Å². The fourth-order valence-electron chi connectivity index (χ4n) is 3.74. The first kappa shape index (κ1) is 20.4. The van der Waals surface area contributed by atoms with Gasteiger partial charge in [0, 0.05) is 23.7 Å². The lowest BCUT2D eigenvalue weighted by Gasteiger charge is -2.14. The highest BCUT2D eigenvalue weighted by molar-refractivity contribution is 7.91. The number of methoxy groups -OCH3 is 1. The molecule has 2 aromatic rings. The van der Waals surface area contributed by atoms with E-state index in [1.54, 1.807) is 38.3 Å². The number of benzene rings is 2. The van der Waals surface area contributed by atoms with E-state index in [1.165, 1.54) is 0 Å². The van der Waals surface area contributed by atoms with Crippen molar-refractivity contribution in [2.45, 2.75) is 25.9 Å². The van der Waals surface area contributed by atoms with Crippen molar-refractivity contribution in [3.63, 3.8) is 0 Å². The number of phenols is 1. The highest BCUT2D eigenvalue weighted by Gasteiger charge is 2.32. The number of aromatic hydroxyl groups is 1. The summed E-state index contributed by atoms with van der Waals surface area (Å²) in [6.07, 6.45) is 2.20. The van der Waals surface area contributed by atoms with Crippen LogP contribution in [0.3, 0.4) is 0 Å². The number of carbonyl (C=O) groups is 1. The lowest BCUT2D eigenvalue weighted by atomic mass is 10.0. The second-order valence-electron chi connectivity index (χ2n) is 7.58. The summed E-state index contributed by atoms with van der Waals surface area (Å²) in [4.78, 5) is 12.9. The number of phenolic OH excluding ortho intramolecular Hbond substituents is 1. The van der Waals surface area contributed by atoms with Crippen LogP contribution in [0.15, 0.2) is 36.1 Å². The summed E-state index contributed by atoms with van der Waals surface area (Å²) in [7, 11) is -1.41. The van der Waals surface area contributed by atoms with Crippen molar-refractivity contribution in [1.82, 2.24) is 5.32 Å². The molecule has 30 heavy (non-hydrogen) atoms. The molecule has 0 unspecified atom stereocenters. The van der Waals surface area contributed by atoms with Crippen molar-refractivity contribution in [2.75, 3.05) is 18.6 Å². The number of fused-ring (bicyclic) bond motifs is 1. The maximum absolute atomic E-state index is 12.9. The Morgan fingerprint density at radius 2 is 2.03 bits per heavy atom. The Kier molecular flexibility index (Phi) is 5.29. The van der Waals surface area contributed by atoms with Gasteiger partial charge in [-0.2, -0.15) is 0 Å². The van der Waals surface area contributed by atoms with Crippen LogP contribution in [0.4, 0.5) is 0 Å². The van der Waals surface area contributed by atoms with Crippen molar-refractivity contribution < 1.29 is 27.8 Å². The first-order valence-electron chi connectivity index (χ1n) is 9.65. The largest absolute Gasteiger partial charge is 0.507 e. The fraction of sp³-hybridized carbons (Fsp3) is 0.318. The van der Waals surface area contributed by atoms with Crippen LogP contribution >= 0.6 is 0 Å². The van der Waals surface area contributed by atoms with Crippen molar-refractivity contribution in [2.24, 2.45) is 0 Å². The molecule has 4 rings (SSSR count). The van der Waals surface area contributed by atoms with Gasteiger partial charge in [0.05, 0.1) is 24.2 Å². The molecule has 8 heteroatoms. The first-order chi connectivity index (χ1) is 14.3. The topological polar surface area (TPSA) is 102 Å². The number of hydrogen-bond donors (Lipinski definition) is 2. The van der Waals surface area contributed by atoms with E-state index < -0.39 is 9.84 Å². The van der Waals surface area contributed by atoms with Gasteiger partial charge in [0.25, 0.3) is 0 Å². The zero-order valence-electron chi connectivity index (χ0n) is 16.8. The summed E-state index contributed by atoms with van der Waals surface area (Å²) in [5.74, 6) is 1.30. The van der Waals surface area contributed by atoms with Crippen molar-refractivity contribution in [1.29, 1.82) is 0 Å². The average molecular weight is 429 g/mol. The Bertz CT molecular complexity index is 1140. The third-order valence-electron chi connectivity index (χ3n) is 5.47. The van der Waals surface area contributed by atoms with E-state index in [0.717, 1.165) is 5.56 Å². The Morgan fingerprint density at radius 3 is 2.67 bits per heavy atom. The second-order valence-corrected chi connectivity index (χ2v) is 9.81. The highest BCUT2D eigenvalue weighted by atomic mass is 32.2. The van der Waals surface area contributed by atoms with Gasteiger partial charge in [-0.25, -0.2) is 8.42 Å². The average Bonchev–Trinajstić information content (AvgIpc) is 3.23. The molecule has 1 atom stereocenters. The molecule has 7 nitrogen and oxygen atoms in total. The molecule has 0 aliphatic carbocycles. The summed E-state index contributed by atoms with van der Waals surface area (Å²) in [6.45, 7) is 1.96. The number of sulfone groups is 1. The van der Waals surface area contributed by atoms with E-state index in [9.17, 15) is 18.3 Å². The van der Waals surface area contributed by atoms with E-state index >= 15 is 0 Å². The molecule has 2 aromatic carbocycles. The summed E-state index contributed by atoms with van der Waals surface area (Å²) < 4.78 is 34.2. The van der Waals surface area contributed by atoms with Crippen LogP contribution in [0, 0.1) is 6.92 Å². The predicted octanol–water partition coefficient (Wildman–Crippen LogP) is 2.60. The maximum Gasteiger partial charge on any atom is 0.231 e.